The first-order valence-corrected chi connectivity index (χ1v) is 7.80. The van der Waals surface area contributed by atoms with Crippen molar-refractivity contribution in [1.82, 2.24) is 0 Å². The quantitative estimate of drug-likeness (QED) is 0.730. The second-order valence-electron chi connectivity index (χ2n) is 5.61. The molecule has 0 atom stereocenters. The molecule has 3 rings (SSSR count). The molecule has 2 aromatic rings. The van der Waals surface area contributed by atoms with E-state index in [1.54, 1.807) is 0 Å². The molecule has 0 amide bonds. The summed E-state index contributed by atoms with van der Waals surface area (Å²) >= 11 is 2.98. The van der Waals surface area contributed by atoms with Crippen molar-refractivity contribution in [3.63, 3.8) is 0 Å². The first kappa shape index (κ1) is 14.5. The van der Waals surface area contributed by atoms with Crippen LogP contribution in [0.4, 0.5) is 14.5 Å². The number of halogens is 3. The fourth-order valence-electron chi connectivity index (χ4n) is 2.89. The van der Waals surface area contributed by atoms with E-state index < -0.39 is 11.6 Å². The predicted octanol–water partition coefficient (Wildman–Crippen LogP) is 5.39. The zero-order chi connectivity index (χ0) is 15.0. The number of aryl methyl sites for hydroxylation is 1. The molecule has 21 heavy (non-hydrogen) atoms. The van der Waals surface area contributed by atoms with E-state index in [2.05, 4.69) is 40.3 Å². The van der Waals surface area contributed by atoms with Crippen molar-refractivity contribution in [2.45, 2.75) is 31.7 Å². The normalized spacial score (nSPS) is 21.0. The monoisotopic (exact) mass is 351 g/mol. The molecule has 1 nitrogen and oxygen atoms in total. The summed E-state index contributed by atoms with van der Waals surface area (Å²) in [6, 6.07) is 10.9. The van der Waals surface area contributed by atoms with Crippen LogP contribution in [0.2, 0.25) is 0 Å². The molecule has 0 spiro atoms. The Kier molecular flexibility index (Phi) is 3.98. The Labute approximate surface area is 131 Å². The zero-order valence-corrected chi connectivity index (χ0v) is 13.3. The van der Waals surface area contributed by atoms with Crippen LogP contribution in [0, 0.1) is 18.6 Å². The molecule has 1 saturated carbocycles. The molecule has 0 heterocycles. The van der Waals surface area contributed by atoms with Crippen LogP contribution in [0.5, 0.6) is 0 Å². The number of hydrogen-bond donors (Lipinski definition) is 1. The van der Waals surface area contributed by atoms with E-state index >= 15 is 0 Å². The number of benzene rings is 2. The number of anilines is 1. The molecule has 0 saturated heterocycles. The lowest BCUT2D eigenvalue weighted by Crippen LogP contribution is -2.34. The van der Waals surface area contributed by atoms with Crippen molar-refractivity contribution in [3.8, 4) is 0 Å². The van der Waals surface area contributed by atoms with E-state index in [-0.39, 0.29) is 16.2 Å². The molecular weight excluding hydrogens is 336 g/mol. The van der Waals surface area contributed by atoms with E-state index in [1.165, 1.54) is 17.2 Å². The van der Waals surface area contributed by atoms with Crippen LogP contribution in [0.15, 0.2) is 40.9 Å². The minimum Gasteiger partial charge on any atom is -0.380 e. The maximum absolute atomic E-state index is 13.8. The van der Waals surface area contributed by atoms with E-state index in [9.17, 15) is 8.78 Å². The first-order valence-electron chi connectivity index (χ1n) is 7.01. The van der Waals surface area contributed by atoms with E-state index in [0.717, 1.165) is 18.9 Å². The smallest absolute Gasteiger partial charge is 0.147 e. The van der Waals surface area contributed by atoms with Crippen LogP contribution < -0.4 is 5.32 Å². The first-order chi connectivity index (χ1) is 10.0. The number of rotatable bonds is 3. The Bertz CT molecular complexity index is 666. The van der Waals surface area contributed by atoms with Crippen molar-refractivity contribution in [2.75, 3.05) is 5.32 Å². The highest BCUT2D eigenvalue weighted by molar-refractivity contribution is 9.10. The third kappa shape index (κ3) is 2.95. The minimum atomic E-state index is -0.450. The second-order valence-corrected chi connectivity index (χ2v) is 6.47. The standard InChI is InChI=1S/C17H16BrF2N/c1-10-4-2-3-5-13(10)11-6-12(7-11)21-17-9-15(19)14(18)8-16(17)20/h2-5,8-9,11-12,21H,6-7H2,1H3. The van der Waals surface area contributed by atoms with E-state index in [0.29, 0.717) is 5.92 Å². The van der Waals surface area contributed by atoms with Gasteiger partial charge < -0.3 is 5.32 Å². The Balaban J connectivity index is 1.65. The summed E-state index contributed by atoms with van der Waals surface area (Å²) in [5, 5.41) is 3.10. The van der Waals surface area contributed by atoms with Crippen molar-refractivity contribution >= 4 is 21.6 Å². The van der Waals surface area contributed by atoms with Crippen LogP contribution >= 0.6 is 15.9 Å². The van der Waals surface area contributed by atoms with Crippen molar-refractivity contribution in [3.05, 3.63) is 63.6 Å². The van der Waals surface area contributed by atoms with Gasteiger partial charge >= 0.3 is 0 Å². The molecule has 110 valence electrons. The van der Waals surface area contributed by atoms with Crippen molar-refractivity contribution < 1.29 is 8.78 Å². The van der Waals surface area contributed by atoms with Gasteiger partial charge in [-0.15, -0.1) is 0 Å². The Morgan fingerprint density at radius 1 is 1.10 bits per heavy atom. The number of nitrogens with one attached hydrogen (secondary N) is 1. The van der Waals surface area contributed by atoms with Crippen LogP contribution in [-0.4, -0.2) is 6.04 Å². The minimum absolute atomic E-state index is 0.150. The van der Waals surface area contributed by atoms with Crippen molar-refractivity contribution in [2.24, 2.45) is 0 Å². The van der Waals surface area contributed by atoms with Gasteiger partial charge in [0.05, 0.1) is 10.2 Å². The van der Waals surface area contributed by atoms with Gasteiger partial charge in [-0.1, -0.05) is 24.3 Å². The van der Waals surface area contributed by atoms with Gasteiger partial charge in [0.15, 0.2) is 0 Å². The summed E-state index contributed by atoms with van der Waals surface area (Å²) in [5.41, 5.74) is 2.89. The number of hydrogen-bond acceptors (Lipinski definition) is 1. The summed E-state index contributed by atoms with van der Waals surface area (Å²) in [4.78, 5) is 0. The molecule has 1 fully saturated rings. The van der Waals surface area contributed by atoms with Crippen LogP contribution in [0.3, 0.4) is 0 Å². The van der Waals surface area contributed by atoms with Gasteiger partial charge in [-0.2, -0.15) is 0 Å². The molecule has 0 unspecified atom stereocenters. The van der Waals surface area contributed by atoms with Gasteiger partial charge in [0.2, 0.25) is 0 Å². The molecule has 0 aliphatic heterocycles. The summed E-state index contributed by atoms with van der Waals surface area (Å²) in [6.07, 6.45) is 1.89. The Morgan fingerprint density at radius 2 is 1.81 bits per heavy atom. The maximum Gasteiger partial charge on any atom is 0.147 e. The average molecular weight is 352 g/mol. The molecule has 0 bridgehead atoms. The van der Waals surface area contributed by atoms with Gasteiger partial charge in [0.1, 0.15) is 11.6 Å². The maximum atomic E-state index is 13.8. The van der Waals surface area contributed by atoms with E-state index in [1.807, 2.05) is 12.1 Å². The highest BCUT2D eigenvalue weighted by Crippen LogP contribution is 2.40. The lowest BCUT2D eigenvalue weighted by Gasteiger charge is -2.37. The summed E-state index contributed by atoms with van der Waals surface area (Å²) in [7, 11) is 0. The lowest BCUT2D eigenvalue weighted by atomic mass is 9.74. The van der Waals surface area contributed by atoms with Gasteiger partial charge in [0, 0.05) is 12.1 Å². The third-order valence-electron chi connectivity index (χ3n) is 4.14. The average Bonchev–Trinajstić information content (AvgIpc) is 2.40. The van der Waals surface area contributed by atoms with Gasteiger partial charge in [0.25, 0.3) is 0 Å². The van der Waals surface area contributed by atoms with Crippen LogP contribution in [0.25, 0.3) is 0 Å². The molecule has 0 radical (unpaired) electrons. The molecule has 4 heteroatoms. The summed E-state index contributed by atoms with van der Waals surface area (Å²) < 4.78 is 27.4. The predicted molar refractivity (Wildman–Crippen MR) is 84.6 cm³/mol. The molecule has 1 aliphatic carbocycles. The second kappa shape index (κ2) is 5.76. The van der Waals surface area contributed by atoms with E-state index in [4.69, 9.17) is 0 Å². The van der Waals surface area contributed by atoms with Gasteiger partial charge in [-0.3, -0.25) is 0 Å². The highest BCUT2D eigenvalue weighted by atomic mass is 79.9. The largest absolute Gasteiger partial charge is 0.380 e. The molecule has 0 aromatic heterocycles. The van der Waals surface area contributed by atoms with Crippen LogP contribution in [0.1, 0.15) is 29.9 Å². The Hall–Kier alpha value is -1.42. The van der Waals surface area contributed by atoms with Gasteiger partial charge in [-0.25, -0.2) is 8.78 Å². The highest BCUT2D eigenvalue weighted by Gasteiger charge is 2.31. The molecule has 1 N–H and O–H groups in total. The summed E-state index contributed by atoms with van der Waals surface area (Å²) in [6.45, 7) is 2.11. The lowest BCUT2D eigenvalue weighted by molar-refractivity contribution is 0.371. The summed E-state index contributed by atoms with van der Waals surface area (Å²) in [5.74, 6) is -0.372. The topological polar surface area (TPSA) is 12.0 Å². The SMILES string of the molecule is Cc1ccccc1C1CC(Nc2cc(F)c(Br)cc2F)C1. The van der Waals surface area contributed by atoms with Crippen molar-refractivity contribution in [1.29, 1.82) is 0 Å². The zero-order valence-electron chi connectivity index (χ0n) is 11.7. The third-order valence-corrected chi connectivity index (χ3v) is 4.74. The van der Waals surface area contributed by atoms with Gasteiger partial charge in [-0.05, 0) is 58.8 Å². The van der Waals surface area contributed by atoms with Crippen LogP contribution in [-0.2, 0) is 0 Å². The molecular formula is C17H16BrF2N. The fraction of sp³-hybridized carbons (Fsp3) is 0.294. The fourth-order valence-corrected chi connectivity index (χ4v) is 3.20. The Morgan fingerprint density at radius 3 is 2.52 bits per heavy atom. The molecule has 2 aromatic carbocycles. The molecule has 1 aliphatic rings.